The van der Waals surface area contributed by atoms with Crippen LogP contribution in [0.5, 0.6) is 5.75 Å². The first-order valence-corrected chi connectivity index (χ1v) is 5.77. The summed E-state index contributed by atoms with van der Waals surface area (Å²) in [6.45, 7) is 3.03. The van der Waals surface area contributed by atoms with Crippen molar-refractivity contribution >= 4 is 29.9 Å². The van der Waals surface area contributed by atoms with Gasteiger partial charge in [-0.2, -0.15) is 0 Å². The molecule has 0 aliphatic carbocycles. The van der Waals surface area contributed by atoms with Gasteiger partial charge < -0.3 is 15.8 Å². The molecule has 0 spiro atoms. The van der Waals surface area contributed by atoms with Crippen LogP contribution in [0.1, 0.15) is 24.8 Å². The van der Waals surface area contributed by atoms with Crippen molar-refractivity contribution in [2.45, 2.75) is 19.3 Å². The lowest BCUT2D eigenvalue weighted by atomic mass is 9.98. The van der Waals surface area contributed by atoms with Gasteiger partial charge in [-0.25, -0.2) is 0 Å². The maximum absolute atomic E-state index is 5.56. The first kappa shape index (κ1) is 17.0. The van der Waals surface area contributed by atoms with E-state index in [4.69, 9.17) is 10.5 Å². The van der Waals surface area contributed by atoms with Gasteiger partial charge in [0, 0.05) is 13.6 Å². The summed E-state index contributed by atoms with van der Waals surface area (Å²) in [5.74, 6) is 1.87. The zero-order chi connectivity index (χ0) is 12.7. The van der Waals surface area contributed by atoms with E-state index in [0.29, 0.717) is 11.9 Å². The topological polar surface area (TPSA) is 59.6 Å². The second-order valence-corrected chi connectivity index (χ2v) is 4.00. The zero-order valence-corrected chi connectivity index (χ0v) is 13.5. The van der Waals surface area contributed by atoms with Crippen LogP contribution in [0.2, 0.25) is 0 Å². The first-order chi connectivity index (χ1) is 8.17. The number of hydrogen-bond acceptors (Lipinski definition) is 2. The summed E-state index contributed by atoms with van der Waals surface area (Å²) < 4.78 is 5.13. The molecule has 0 amide bonds. The van der Waals surface area contributed by atoms with Gasteiger partial charge in [0.05, 0.1) is 7.11 Å². The molecule has 18 heavy (non-hydrogen) atoms. The Morgan fingerprint density at radius 2 is 2.00 bits per heavy atom. The lowest BCUT2D eigenvalue weighted by Crippen LogP contribution is -2.32. The van der Waals surface area contributed by atoms with Crippen LogP contribution in [0.4, 0.5) is 0 Å². The molecular weight excluding hydrogens is 341 g/mol. The molecule has 0 aliphatic rings. The number of nitrogens with zero attached hydrogens (tertiary/aromatic N) is 1. The molecule has 0 heterocycles. The Kier molecular flexibility index (Phi) is 8.53. The molecule has 0 fully saturated rings. The predicted octanol–water partition coefficient (Wildman–Crippen LogP) is 2.34. The maximum Gasteiger partial charge on any atom is 0.188 e. The highest BCUT2D eigenvalue weighted by Crippen LogP contribution is 2.21. The van der Waals surface area contributed by atoms with Crippen molar-refractivity contribution in [1.29, 1.82) is 0 Å². The second kappa shape index (κ2) is 9.02. The molecule has 1 rings (SSSR count). The summed E-state index contributed by atoms with van der Waals surface area (Å²) >= 11 is 0. The minimum absolute atomic E-state index is 0. The van der Waals surface area contributed by atoms with Crippen LogP contribution < -0.4 is 15.8 Å². The van der Waals surface area contributed by atoms with Crippen LogP contribution in [0.15, 0.2) is 29.3 Å². The average Bonchev–Trinajstić information content (AvgIpc) is 2.38. The minimum atomic E-state index is 0. The van der Waals surface area contributed by atoms with Crippen LogP contribution in [0.25, 0.3) is 0 Å². The Labute approximate surface area is 126 Å². The van der Waals surface area contributed by atoms with Crippen molar-refractivity contribution in [2.24, 2.45) is 10.7 Å². The van der Waals surface area contributed by atoms with Gasteiger partial charge in [0.2, 0.25) is 0 Å². The summed E-state index contributed by atoms with van der Waals surface area (Å²) in [6.07, 6.45) is 1.02. The fraction of sp³-hybridized carbons (Fsp3) is 0.462. The maximum atomic E-state index is 5.56. The Morgan fingerprint density at radius 1 is 1.39 bits per heavy atom. The lowest BCUT2D eigenvalue weighted by molar-refractivity contribution is 0.414. The summed E-state index contributed by atoms with van der Waals surface area (Å²) in [5, 5.41) is 3.06. The third-order valence-corrected chi connectivity index (χ3v) is 2.81. The monoisotopic (exact) mass is 363 g/mol. The van der Waals surface area contributed by atoms with Gasteiger partial charge >= 0.3 is 0 Å². The van der Waals surface area contributed by atoms with Gasteiger partial charge in [-0.05, 0) is 30.0 Å². The molecule has 1 unspecified atom stereocenters. The molecule has 102 valence electrons. The highest BCUT2D eigenvalue weighted by Gasteiger charge is 2.05. The molecule has 3 N–H and O–H groups in total. The van der Waals surface area contributed by atoms with E-state index in [-0.39, 0.29) is 24.0 Å². The Balaban J connectivity index is 0.00000289. The summed E-state index contributed by atoms with van der Waals surface area (Å²) in [4.78, 5) is 3.85. The molecule has 0 bridgehead atoms. The van der Waals surface area contributed by atoms with Crippen molar-refractivity contribution in [2.75, 3.05) is 20.7 Å². The van der Waals surface area contributed by atoms with Crippen LogP contribution >= 0.6 is 24.0 Å². The zero-order valence-electron chi connectivity index (χ0n) is 11.1. The third-order valence-electron chi connectivity index (χ3n) is 2.81. The molecular formula is C13H22IN3O. The van der Waals surface area contributed by atoms with Crippen molar-refractivity contribution in [3.63, 3.8) is 0 Å². The van der Waals surface area contributed by atoms with E-state index in [9.17, 15) is 0 Å². The largest absolute Gasteiger partial charge is 0.497 e. The fourth-order valence-corrected chi connectivity index (χ4v) is 1.59. The van der Waals surface area contributed by atoms with Gasteiger partial charge in [-0.3, -0.25) is 4.99 Å². The van der Waals surface area contributed by atoms with E-state index >= 15 is 0 Å². The van der Waals surface area contributed by atoms with Crippen molar-refractivity contribution in [3.05, 3.63) is 29.8 Å². The van der Waals surface area contributed by atoms with Gasteiger partial charge in [0.1, 0.15) is 5.75 Å². The smallest absolute Gasteiger partial charge is 0.188 e. The molecule has 0 saturated carbocycles. The number of ether oxygens (including phenoxy) is 1. The standard InChI is InChI=1S/C13H21N3O.HI/c1-10(8-9-16-13(14)15-2)11-4-6-12(17-3)7-5-11;/h4-7,10H,8-9H2,1-3H3,(H3,14,15,16);1H. The van der Waals surface area contributed by atoms with Gasteiger partial charge in [-0.1, -0.05) is 19.1 Å². The Morgan fingerprint density at radius 3 is 2.50 bits per heavy atom. The minimum Gasteiger partial charge on any atom is -0.497 e. The normalized spacial score (nSPS) is 12.5. The Hall–Kier alpha value is -0.980. The number of rotatable bonds is 5. The van der Waals surface area contributed by atoms with Gasteiger partial charge in [-0.15, -0.1) is 24.0 Å². The summed E-state index contributed by atoms with van der Waals surface area (Å²) in [5.41, 5.74) is 6.86. The number of guanidine groups is 1. The number of hydrogen-bond donors (Lipinski definition) is 2. The number of methoxy groups -OCH3 is 1. The molecule has 1 atom stereocenters. The van der Waals surface area contributed by atoms with Gasteiger partial charge in [0.15, 0.2) is 5.96 Å². The van der Waals surface area contributed by atoms with Gasteiger partial charge in [0.25, 0.3) is 0 Å². The molecule has 0 radical (unpaired) electrons. The molecule has 5 heteroatoms. The molecule has 1 aromatic rings. The number of nitrogens with two attached hydrogens (primary N) is 1. The number of aliphatic imine (C=N–C) groups is 1. The van der Waals surface area contributed by atoms with Crippen molar-refractivity contribution < 1.29 is 4.74 Å². The molecule has 1 aromatic carbocycles. The van der Waals surface area contributed by atoms with Crippen molar-refractivity contribution in [3.8, 4) is 5.75 Å². The number of benzene rings is 1. The highest BCUT2D eigenvalue weighted by atomic mass is 127. The first-order valence-electron chi connectivity index (χ1n) is 5.77. The van der Waals surface area contributed by atoms with Crippen molar-refractivity contribution in [1.82, 2.24) is 5.32 Å². The van der Waals surface area contributed by atoms with E-state index in [1.165, 1.54) is 5.56 Å². The lowest BCUT2D eigenvalue weighted by Gasteiger charge is -2.13. The van der Waals surface area contributed by atoms with E-state index in [2.05, 4.69) is 29.4 Å². The van der Waals surface area contributed by atoms with Crippen LogP contribution in [-0.4, -0.2) is 26.7 Å². The number of halogens is 1. The van der Waals surface area contributed by atoms with Crippen LogP contribution in [0, 0.1) is 0 Å². The SMILES string of the molecule is CN=C(N)NCCC(C)c1ccc(OC)cc1.I. The summed E-state index contributed by atoms with van der Waals surface area (Å²) in [6, 6.07) is 8.17. The Bertz CT molecular complexity index is 365. The number of nitrogens with one attached hydrogen (secondary N) is 1. The third kappa shape index (κ3) is 5.57. The predicted molar refractivity (Wildman–Crippen MR) is 87.0 cm³/mol. The summed E-state index contributed by atoms with van der Waals surface area (Å²) in [7, 11) is 3.35. The van der Waals surface area contributed by atoms with E-state index in [0.717, 1.165) is 18.7 Å². The van der Waals surface area contributed by atoms with E-state index in [1.807, 2.05) is 12.1 Å². The fourth-order valence-electron chi connectivity index (χ4n) is 1.59. The molecule has 4 nitrogen and oxygen atoms in total. The van der Waals surface area contributed by atoms with E-state index in [1.54, 1.807) is 14.2 Å². The quantitative estimate of drug-likeness (QED) is 0.480. The second-order valence-electron chi connectivity index (χ2n) is 4.00. The molecule has 0 aromatic heterocycles. The highest BCUT2D eigenvalue weighted by molar-refractivity contribution is 14.0. The van der Waals surface area contributed by atoms with Crippen LogP contribution in [0.3, 0.4) is 0 Å². The molecule has 0 aliphatic heterocycles. The van der Waals surface area contributed by atoms with Crippen LogP contribution in [-0.2, 0) is 0 Å². The van der Waals surface area contributed by atoms with E-state index < -0.39 is 0 Å². The molecule has 0 saturated heterocycles. The average molecular weight is 363 g/mol.